The quantitative estimate of drug-likeness (QED) is 0.750. The van der Waals surface area contributed by atoms with Gasteiger partial charge in [-0.1, -0.05) is 0 Å². The minimum absolute atomic E-state index is 0.185. The molecule has 2 aromatic rings. The molecule has 14 heavy (non-hydrogen) atoms. The van der Waals surface area contributed by atoms with Gasteiger partial charge < -0.3 is 9.67 Å². The summed E-state index contributed by atoms with van der Waals surface area (Å²) in [6.45, 7) is 2.15. The summed E-state index contributed by atoms with van der Waals surface area (Å²) in [7, 11) is 0. The number of hydrogen-bond donors (Lipinski definition) is 1. The van der Waals surface area contributed by atoms with E-state index in [1.54, 1.807) is 24.0 Å². The fourth-order valence-electron chi connectivity index (χ4n) is 1.25. The Balaban J connectivity index is 2.50. The first kappa shape index (κ1) is 9.36. The van der Waals surface area contributed by atoms with Gasteiger partial charge in [-0.3, -0.25) is 0 Å². The first-order valence-electron chi connectivity index (χ1n) is 4.18. The fourth-order valence-corrected chi connectivity index (χ4v) is 1.38. The summed E-state index contributed by atoms with van der Waals surface area (Å²) >= 11 is 5.66. The fraction of sp³-hybridized carbons (Fsp3) is 0.375. The van der Waals surface area contributed by atoms with E-state index in [1.165, 1.54) is 0 Å². The van der Waals surface area contributed by atoms with Crippen molar-refractivity contribution in [2.24, 2.45) is 0 Å². The number of aliphatic hydroxyl groups is 1. The highest BCUT2D eigenvalue weighted by Gasteiger charge is 2.06. The van der Waals surface area contributed by atoms with Crippen molar-refractivity contribution in [1.29, 1.82) is 0 Å². The van der Waals surface area contributed by atoms with Crippen LogP contribution in [0.4, 0.5) is 0 Å². The van der Waals surface area contributed by atoms with Crippen LogP contribution in [0.1, 0.15) is 6.92 Å². The number of imidazole rings is 1. The van der Waals surface area contributed by atoms with Crippen molar-refractivity contribution in [3.63, 3.8) is 0 Å². The molecule has 74 valence electrons. The third kappa shape index (κ3) is 1.69. The number of rotatable bonds is 2. The first-order valence-corrected chi connectivity index (χ1v) is 4.56. The molecule has 0 fully saturated rings. The third-order valence-corrected chi connectivity index (χ3v) is 1.97. The lowest BCUT2D eigenvalue weighted by Crippen LogP contribution is -2.11. The Morgan fingerprint density at radius 3 is 3.07 bits per heavy atom. The van der Waals surface area contributed by atoms with Crippen LogP contribution in [0.15, 0.2) is 12.5 Å². The lowest BCUT2D eigenvalue weighted by molar-refractivity contribution is 0.175. The molecular formula is C8H9ClN4O. The Labute approximate surface area is 85.4 Å². The minimum atomic E-state index is -0.443. The van der Waals surface area contributed by atoms with Crippen LogP contribution in [0.5, 0.6) is 0 Å². The van der Waals surface area contributed by atoms with E-state index >= 15 is 0 Å². The standard InChI is InChI=1S/C8H9ClN4O/c1-5(14)3-13-4-11-6-2-10-8(9)12-7(6)13/h2,4-5,14H,3H2,1H3. The second-order valence-corrected chi connectivity index (χ2v) is 3.43. The van der Waals surface area contributed by atoms with Gasteiger partial charge in [0.15, 0.2) is 5.65 Å². The molecule has 2 rings (SSSR count). The van der Waals surface area contributed by atoms with E-state index < -0.39 is 6.10 Å². The van der Waals surface area contributed by atoms with Gasteiger partial charge in [0.25, 0.3) is 0 Å². The average molecular weight is 213 g/mol. The third-order valence-electron chi connectivity index (χ3n) is 1.79. The maximum absolute atomic E-state index is 9.23. The molecule has 5 nitrogen and oxygen atoms in total. The molecule has 0 aliphatic heterocycles. The smallest absolute Gasteiger partial charge is 0.224 e. The van der Waals surface area contributed by atoms with Gasteiger partial charge in [-0.2, -0.15) is 4.98 Å². The van der Waals surface area contributed by atoms with Gasteiger partial charge in [0.2, 0.25) is 5.28 Å². The predicted octanol–water partition coefficient (Wildman–Crippen LogP) is 0.860. The number of aliphatic hydroxyl groups excluding tert-OH is 1. The highest BCUT2D eigenvalue weighted by molar-refractivity contribution is 6.28. The Kier molecular flexibility index (Phi) is 2.35. The van der Waals surface area contributed by atoms with Gasteiger partial charge in [-0.15, -0.1) is 0 Å². The van der Waals surface area contributed by atoms with E-state index in [1.807, 2.05) is 0 Å². The zero-order valence-electron chi connectivity index (χ0n) is 7.55. The maximum atomic E-state index is 9.23. The number of nitrogens with zero attached hydrogens (tertiary/aromatic N) is 4. The zero-order valence-corrected chi connectivity index (χ0v) is 8.31. The van der Waals surface area contributed by atoms with Crippen LogP contribution in [0, 0.1) is 0 Å². The summed E-state index contributed by atoms with van der Waals surface area (Å²) in [5.41, 5.74) is 1.32. The molecule has 1 unspecified atom stereocenters. The average Bonchev–Trinajstić information content (AvgIpc) is 2.47. The SMILES string of the molecule is CC(O)Cn1cnc2cnc(Cl)nc21. The van der Waals surface area contributed by atoms with Crippen LogP contribution in [-0.2, 0) is 6.54 Å². The minimum Gasteiger partial charge on any atom is -0.392 e. The van der Waals surface area contributed by atoms with Crippen LogP contribution in [0.3, 0.4) is 0 Å². The van der Waals surface area contributed by atoms with Crippen LogP contribution in [0.2, 0.25) is 5.28 Å². The highest BCUT2D eigenvalue weighted by atomic mass is 35.5. The van der Waals surface area contributed by atoms with Crippen molar-refractivity contribution < 1.29 is 5.11 Å². The Morgan fingerprint density at radius 1 is 1.57 bits per heavy atom. The van der Waals surface area contributed by atoms with E-state index in [2.05, 4.69) is 15.0 Å². The molecule has 2 aromatic heterocycles. The topological polar surface area (TPSA) is 63.8 Å². The molecule has 2 heterocycles. The van der Waals surface area contributed by atoms with Crippen molar-refractivity contribution in [2.45, 2.75) is 19.6 Å². The van der Waals surface area contributed by atoms with Crippen LogP contribution < -0.4 is 0 Å². The molecule has 0 saturated carbocycles. The van der Waals surface area contributed by atoms with Gasteiger partial charge in [0.1, 0.15) is 5.52 Å². The second-order valence-electron chi connectivity index (χ2n) is 3.09. The largest absolute Gasteiger partial charge is 0.392 e. The van der Waals surface area contributed by atoms with Gasteiger partial charge in [0, 0.05) is 0 Å². The summed E-state index contributed by atoms with van der Waals surface area (Å²) < 4.78 is 1.74. The van der Waals surface area contributed by atoms with Crippen LogP contribution in [-0.4, -0.2) is 30.7 Å². The monoisotopic (exact) mass is 212 g/mol. The Hall–Kier alpha value is -1.20. The molecule has 0 amide bonds. The lowest BCUT2D eigenvalue weighted by atomic mass is 10.4. The molecule has 1 N–H and O–H groups in total. The van der Waals surface area contributed by atoms with Gasteiger partial charge in [-0.05, 0) is 18.5 Å². The van der Waals surface area contributed by atoms with Gasteiger partial charge in [-0.25, -0.2) is 9.97 Å². The number of hydrogen-bond acceptors (Lipinski definition) is 4. The molecule has 0 aromatic carbocycles. The molecule has 0 saturated heterocycles. The molecular weight excluding hydrogens is 204 g/mol. The number of halogens is 1. The molecule has 0 aliphatic carbocycles. The van der Waals surface area contributed by atoms with Crippen LogP contribution in [0.25, 0.3) is 11.2 Å². The van der Waals surface area contributed by atoms with Gasteiger partial charge >= 0.3 is 0 Å². The maximum Gasteiger partial charge on any atom is 0.224 e. The summed E-state index contributed by atoms with van der Waals surface area (Å²) in [5.74, 6) is 0. The van der Waals surface area contributed by atoms with Crippen molar-refractivity contribution in [3.05, 3.63) is 17.8 Å². The van der Waals surface area contributed by atoms with E-state index in [4.69, 9.17) is 11.6 Å². The van der Waals surface area contributed by atoms with E-state index in [0.29, 0.717) is 17.7 Å². The molecule has 1 atom stereocenters. The Morgan fingerprint density at radius 2 is 2.36 bits per heavy atom. The van der Waals surface area contributed by atoms with Crippen molar-refractivity contribution in [3.8, 4) is 0 Å². The Bertz CT molecular complexity index is 454. The van der Waals surface area contributed by atoms with Crippen molar-refractivity contribution in [2.75, 3.05) is 0 Å². The van der Waals surface area contributed by atoms with E-state index in [0.717, 1.165) is 0 Å². The summed E-state index contributed by atoms with van der Waals surface area (Å²) in [4.78, 5) is 11.9. The van der Waals surface area contributed by atoms with Gasteiger partial charge in [0.05, 0.1) is 25.2 Å². The molecule has 0 bridgehead atoms. The predicted molar refractivity (Wildman–Crippen MR) is 52.0 cm³/mol. The zero-order chi connectivity index (χ0) is 10.1. The highest BCUT2D eigenvalue weighted by Crippen LogP contribution is 2.11. The van der Waals surface area contributed by atoms with E-state index in [-0.39, 0.29) is 5.28 Å². The number of fused-ring (bicyclic) bond motifs is 1. The first-order chi connectivity index (χ1) is 6.66. The molecule has 6 heteroatoms. The second kappa shape index (κ2) is 3.51. The lowest BCUT2D eigenvalue weighted by Gasteiger charge is -2.05. The summed E-state index contributed by atoms with van der Waals surface area (Å²) in [6.07, 6.45) is 2.73. The summed E-state index contributed by atoms with van der Waals surface area (Å²) in [6, 6.07) is 0. The summed E-state index contributed by atoms with van der Waals surface area (Å²) in [5, 5.41) is 9.41. The van der Waals surface area contributed by atoms with E-state index in [9.17, 15) is 5.11 Å². The normalized spacial score (nSPS) is 13.4. The molecule has 0 radical (unpaired) electrons. The molecule has 0 aliphatic rings. The van der Waals surface area contributed by atoms with Crippen LogP contribution >= 0.6 is 11.6 Å². The number of aromatic nitrogens is 4. The van der Waals surface area contributed by atoms with Crippen molar-refractivity contribution in [1.82, 2.24) is 19.5 Å². The van der Waals surface area contributed by atoms with Crippen molar-refractivity contribution >= 4 is 22.8 Å². The molecule has 0 spiro atoms.